The fraction of sp³-hybridized carbons (Fsp3) is 0.200. The first-order valence-corrected chi connectivity index (χ1v) is 10.9. The molecule has 4 N–H and O–H groups in total. The number of rotatable bonds is 4. The van der Waals surface area contributed by atoms with Crippen LogP contribution in [0, 0.1) is 5.82 Å². The maximum atomic E-state index is 15.5. The van der Waals surface area contributed by atoms with Gasteiger partial charge in [0.1, 0.15) is 47.3 Å². The van der Waals surface area contributed by atoms with Crippen molar-refractivity contribution in [3.63, 3.8) is 0 Å². The number of ether oxygens (including phenoxy) is 1. The van der Waals surface area contributed by atoms with Gasteiger partial charge in [0, 0.05) is 34.7 Å². The molecule has 0 bridgehead atoms. The Morgan fingerprint density at radius 1 is 1.12 bits per heavy atom. The Labute approximate surface area is 193 Å². The van der Waals surface area contributed by atoms with E-state index in [-0.39, 0.29) is 18.8 Å². The van der Waals surface area contributed by atoms with Crippen LogP contribution in [0.1, 0.15) is 12.6 Å². The summed E-state index contributed by atoms with van der Waals surface area (Å²) < 4.78 is 28.8. The Balaban J connectivity index is 1.45. The number of aliphatic hydroxyl groups excluding tert-OH is 2. The van der Waals surface area contributed by atoms with E-state index < -0.39 is 24.3 Å². The molecule has 8 nitrogen and oxygen atoms in total. The van der Waals surface area contributed by atoms with Crippen molar-refractivity contribution in [2.24, 2.45) is 0 Å². The highest BCUT2D eigenvalue weighted by Gasteiger charge is 2.36. The van der Waals surface area contributed by atoms with Crippen molar-refractivity contribution in [3.8, 4) is 22.5 Å². The highest BCUT2D eigenvalue weighted by atomic mass is 19.1. The summed E-state index contributed by atoms with van der Waals surface area (Å²) in [5.41, 5.74) is 8.80. The van der Waals surface area contributed by atoms with Gasteiger partial charge in [0.15, 0.2) is 0 Å². The number of nitrogens with zero attached hydrogens (tertiary/aromatic N) is 3. The molecule has 1 aliphatic heterocycles. The minimum Gasteiger partial charge on any atom is -0.456 e. The summed E-state index contributed by atoms with van der Waals surface area (Å²) in [5.74, 6) is 0.318. The van der Waals surface area contributed by atoms with E-state index in [2.05, 4.69) is 9.97 Å². The molecule has 34 heavy (non-hydrogen) atoms. The summed E-state index contributed by atoms with van der Waals surface area (Å²) in [5, 5.41) is 21.1. The van der Waals surface area contributed by atoms with E-state index in [0.717, 1.165) is 11.0 Å². The van der Waals surface area contributed by atoms with Crippen molar-refractivity contribution in [2.75, 3.05) is 12.3 Å². The zero-order valence-electron chi connectivity index (χ0n) is 17.9. The van der Waals surface area contributed by atoms with Crippen LogP contribution in [0.5, 0.6) is 0 Å². The highest BCUT2D eigenvalue weighted by molar-refractivity contribution is 6.01. The molecule has 6 rings (SSSR count). The minimum atomic E-state index is -0.824. The Morgan fingerprint density at radius 3 is 2.74 bits per heavy atom. The van der Waals surface area contributed by atoms with Gasteiger partial charge in [-0.2, -0.15) is 0 Å². The molecule has 9 heteroatoms. The Bertz CT molecular complexity index is 1500. The lowest BCUT2D eigenvalue weighted by Gasteiger charge is -2.14. The molecule has 5 aromatic rings. The van der Waals surface area contributed by atoms with E-state index in [1.54, 1.807) is 22.9 Å². The van der Waals surface area contributed by atoms with Crippen LogP contribution in [0.4, 0.5) is 10.2 Å². The molecule has 0 spiro atoms. The molecule has 0 radical (unpaired) electrons. The third-order valence-corrected chi connectivity index (χ3v) is 6.30. The van der Waals surface area contributed by atoms with Crippen LogP contribution in [0.15, 0.2) is 65.5 Å². The lowest BCUT2D eigenvalue weighted by molar-refractivity contribution is -0.0430. The van der Waals surface area contributed by atoms with Gasteiger partial charge >= 0.3 is 0 Å². The number of hydrogen-bond acceptors (Lipinski definition) is 7. The second-order valence-corrected chi connectivity index (χ2v) is 8.37. The molecule has 0 aliphatic carbocycles. The molecular weight excluding hydrogens is 439 g/mol. The molecular formula is C25H21FN4O4. The molecule has 0 amide bonds. The summed E-state index contributed by atoms with van der Waals surface area (Å²) in [6.07, 6.45) is 1.17. The van der Waals surface area contributed by atoms with Crippen LogP contribution in [-0.2, 0) is 4.74 Å². The number of halogens is 1. The van der Waals surface area contributed by atoms with E-state index in [9.17, 15) is 10.2 Å². The number of furan rings is 1. The SMILES string of the molecule is Nc1ncnc2c1c(-c1ccc(-c3cc4ccccc4o3)cc1F)cn2[C@H]1C[C@H](O)[C@@H](CO)O1. The van der Waals surface area contributed by atoms with E-state index in [1.165, 1.54) is 12.4 Å². The average molecular weight is 460 g/mol. The number of aliphatic hydroxyl groups is 2. The first-order chi connectivity index (χ1) is 16.5. The number of fused-ring (bicyclic) bond motifs is 2. The van der Waals surface area contributed by atoms with Gasteiger partial charge in [-0.05, 0) is 18.2 Å². The normalized spacial score (nSPS) is 20.5. The van der Waals surface area contributed by atoms with E-state index in [1.807, 2.05) is 30.3 Å². The first-order valence-electron chi connectivity index (χ1n) is 10.9. The standard InChI is InChI=1S/C25H21FN4O4/c26-17-7-14(20-8-13-3-1-2-4-19(13)33-20)5-6-15(17)16-10-30(22-9-18(32)21(11-31)34-22)25-23(16)24(27)28-12-29-25/h1-8,10,12,18,21-22,31-32H,9,11H2,(H2,27,28,29)/t18-,21+,22+/m0/s1. The number of hydrogen-bond donors (Lipinski definition) is 3. The molecule has 2 aromatic carbocycles. The maximum Gasteiger partial charge on any atom is 0.148 e. The van der Waals surface area contributed by atoms with Crippen LogP contribution in [0.3, 0.4) is 0 Å². The van der Waals surface area contributed by atoms with Crippen molar-refractivity contribution in [1.29, 1.82) is 0 Å². The van der Waals surface area contributed by atoms with Crippen molar-refractivity contribution >= 4 is 27.8 Å². The Morgan fingerprint density at radius 2 is 1.97 bits per heavy atom. The lowest BCUT2D eigenvalue weighted by Crippen LogP contribution is -2.24. The van der Waals surface area contributed by atoms with E-state index >= 15 is 4.39 Å². The maximum absolute atomic E-state index is 15.5. The van der Waals surface area contributed by atoms with Gasteiger partial charge < -0.3 is 29.7 Å². The van der Waals surface area contributed by atoms with E-state index in [0.29, 0.717) is 33.5 Å². The third-order valence-electron chi connectivity index (χ3n) is 6.30. The summed E-state index contributed by atoms with van der Waals surface area (Å²) in [6, 6.07) is 14.4. The zero-order chi connectivity index (χ0) is 23.4. The molecule has 0 saturated carbocycles. The van der Waals surface area contributed by atoms with Gasteiger partial charge in [0.05, 0.1) is 18.1 Å². The molecule has 1 fully saturated rings. The van der Waals surface area contributed by atoms with E-state index in [4.69, 9.17) is 14.9 Å². The Kier molecular flexibility index (Phi) is 4.84. The smallest absolute Gasteiger partial charge is 0.148 e. The predicted octanol–water partition coefficient (Wildman–Crippen LogP) is 3.87. The van der Waals surface area contributed by atoms with Gasteiger partial charge in [-0.25, -0.2) is 14.4 Å². The van der Waals surface area contributed by atoms with Crippen molar-refractivity contribution < 1.29 is 23.8 Å². The number of benzene rings is 2. The Hall–Kier alpha value is -3.79. The third kappa shape index (κ3) is 3.25. The second kappa shape index (κ2) is 7.91. The number of nitrogens with two attached hydrogens (primary N) is 1. The highest BCUT2D eigenvalue weighted by Crippen LogP contribution is 2.40. The van der Waals surface area contributed by atoms with Gasteiger partial charge in [-0.3, -0.25) is 0 Å². The van der Waals surface area contributed by atoms with Crippen LogP contribution in [-0.4, -0.2) is 43.6 Å². The average Bonchev–Trinajstić information content (AvgIpc) is 3.54. The van der Waals surface area contributed by atoms with Crippen molar-refractivity contribution in [1.82, 2.24) is 14.5 Å². The molecule has 172 valence electrons. The minimum absolute atomic E-state index is 0.205. The van der Waals surface area contributed by atoms with Crippen molar-refractivity contribution in [3.05, 3.63) is 66.9 Å². The fourth-order valence-electron chi connectivity index (χ4n) is 4.59. The molecule has 3 atom stereocenters. The number of para-hydroxylation sites is 1. The summed E-state index contributed by atoms with van der Waals surface area (Å²) in [7, 11) is 0. The van der Waals surface area contributed by atoms with Crippen LogP contribution >= 0.6 is 0 Å². The molecule has 3 aromatic heterocycles. The second-order valence-electron chi connectivity index (χ2n) is 8.37. The molecule has 1 saturated heterocycles. The fourth-order valence-corrected chi connectivity index (χ4v) is 4.59. The van der Waals surface area contributed by atoms with Gasteiger partial charge in [-0.15, -0.1) is 0 Å². The summed E-state index contributed by atoms with van der Waals surface area (Å²) in [4.78, 5) is 8.42. The van der Waals surface area contributed by atoms with Crippen LogP contribution < -0.4 is 5.73 Å². The van der Waals surface area contributed by atoms with Gasteiger partial charge in [0.25, 0.3) is 0 Å². The monoisotopic (exact) mass is 460 g/mol. The number of nitrogen functional groups attached to an aromatic ring is 1. The van der Waals surface area contributed by atoms with Gasteiger partial charge in [-0.1, -0.05) is 30.3 Å². The summed E-state index contributed by atoms with van der Waals surface area (Å²) >= 11 is 0. The molecule has 0 unspecified atom stereocenters. The number of aromatic nitrogens is 3. The first kappa shape index (κ1) is 20.8. The predicted molar refractivity (Wildman–Crippen MR) is 124 cm³/mol. The number of anilines is 1. The summed E-state index contributed by atoms with van der Waals surface area (Å²) in [6.45, 7) is -0.307. The molecule has 4 heterocycles. The largest absolute Gasteiger partial charge is 0.456 e. The van der Waals surface area contributed by atoms with Crippen LogP contribution in [0.25, 0.3) is 44.5 Å². The van der Waals surface area contributed by atoms with Crippen LogP contribution in [0.2, 0.25) is 0 Å². The van der Waals surface area contributed by atoms with Gasteiger partial charge in [0.2, 0.25) is 0 Å². The quantitative estimate of drug-likeness (QED) is 0.372. The zero-order valence-corrected chi connectivity index (χ0v) is 17.9. The topological polar surface area (TPSA) is 120 Å². The lowest BCUT2D eigenvalue weighted by atomic mass is 10.0. The van der Waals surface area contributed by atoms with Crippen molar-refractivity contribution in [2.45, 2.75) is 24.9 Å². The molecule has 1 aliphatic rings.